The number of aliphatic carboxylic acids is 1. The van der Waals surface area contributed by atoms with E-state index in [1.165, 1.54) is 6.92 Å². The lowest BCUT2D eigenvalue weighted by atomic mass is 10.4. The minimum absolute atomic E-state index is 0.375. The zero-order chi connectivity index (χ0) is 9.72. The highest BCUT2D eigenvalue weighted by Crippen LogP contribution is 1.95. The average Bonchev–Trinajstić information content (AvgIpc) is 2.02. The third-order valence-electron chi connectivity index (χ3n) is 1.02. The molecule has 0 aromatic heterocycles. The second-order valence-electron chi connectivity index (χ2n) is 1.95. The fourth-order valence-corrected chi connectivity index (χ4v) is 0.580. The Kier molecular flexibility index (Phi) is 4.14. The summed E-state index contributed by atoms with van der Waals surface area (Å²) in [7, 11) is 0. The van der Waals surface area contributed by atoms with Gasteiger partial charge >= 0.3 is 5.97 Å². The van der Waals surface area contributed by atoms with Gasteiger partial charge in [0.25, 0.3) is 0 Å². The Balaban J connectivity index is 4.10. The SMILES string of the molecule is C=CC(=O)C(=S)OC(C)C(=O)O. The summed E-state index contributed by atoms with van der Waals surface area (Å²) in [5.74, 6) is -1.76. The van der Waals surface area contributed by atoms with Crippen LogP contribution >= 0.6 is 12.2 Å². The lowest BCUT2D eigenvalue weighted by molar-refractivity contribution is -0.144. The number of carboxylic acid groups (broad SMARTS) is 1. The van der Waals surface area contributed by atoms with Crippen LogP contribution < -0.4 is 0 Å². The topological polar surface area (TPSA) is 63.6 Å². The molecule has 0 aromatic rings. The van der Waals surface area contributed by atoms with Crippen LogP contribution in [0.15, 0.2) is 12.7 Å². The second kappa shape index (κ2) is 4.61. The van der Waals surface area contributed by atoms with E-state index in [-0.39, 0.29) is 5.05 Å². The van der Waals surface area contributed by atoms with E-state index in [1.807, 2.05) is 0 Å². The zero-order valence-corrected chi connectivity index (χ0v) is 7.26. The molecule has 1 N–H and O–H groups in total. The summed E-state index contributed by atoms with van der Waals surface area (Å²) in [6.45, 7) is 4.45. The normalized spacial score (nSPS) is 11.4. The van der Waals surface area contributed by atoms with Crippen molar-refractivity contribution in [3.8, 4) is 0 Å². The molecule has 0 rings (SSSR count). The van der Waals surface area contributed by atoms with Gasteiger partial charge in [0.1, 0.15) is 0 Å². The number of ketones is 1. The number of carbonyl (C=O) groups is 2. The van der Waals surface area contributed by atoms with E-state index in [9.17, 15) is 9.59 Å². The fraction of sp³-hybridized carbons (Fsp3) is 0.286. The molecule has 0 saturated carbocycles. The van der Waals surface area contributed by atoms with E-state index in [4.69, 9.17) is 5.11 Å². The van der Waals surface area contributed by atoms with Crippen LogP contribution in [-0.4, -0.2) is 28.0 Å². The number of hydrogen-bond acceptors (Lipinski definition) is 4. The number of carboxylic acids is 1. The molecule has 0 heterocycles. The van der Waals surface area contributed by atoms with Crippen LogP contribution in [0.5, 0.6) is 0 Å². The molecule has 0 bridgehead atoms. The number of hydrogen-bond donors (Lipinski definition) is 1. The molecule has 0 aliphatic carbocycles. The van der Waals surface area contributed by atoms with Crippen molar-refractivity contribution in [2.24, 2.45) is 0 Å². The highest BCUT2D eigenvalue weighted by atomic mass is 32.1. The van der Waals surface area contributed by atoms with Crippen LogP contribution in [0.1, 0.15) is 6.92 Å². The quantitative estimate of drug-likeness (QED) is 0.516. The first-order chi connectivity index (χ1) is 5.49. The van der Waals surface area contributed by atoms with E-state index in [1.54, 1.807) is 0 Å². The smallest absolute Gasteiger partial charge is 0.344 e. The number of rotatable bonds is 4. The van der Waals surface area contributed by atoms with Crippen molar-refractivity contribution in [3.05, 3.63) is 12.7 Å². The van der Waals surface area contributed by atoms with E-state index < -0.39 is 17.9 Å². The van der Waals surface area contributed by atoms with Crippen molar-refractivity contribution >= 4 is 29.0 Å². The third-order valence-corrected chi connectivity index (χ3v) is 1.32. The third kappa shape index (κ3) is 3.25. The predicted molar refractivity (Wildman–Crippen MR) is 46.0 cm³/mol. The standard InChI is InChI=1S/C7H8O4S/c1-3-5(8)7(12)11-4(2)6(9)10/h3-4H,1H2,2H3,(H,9,10). The summed E-state index contributed by atoms with van der Waals surface area (Å²) in [4.78, 5) is 20.9. The molecule has 1 unspecified atom stereocenters. The summed E-state index contributed by atoms with van der Waals surface area (Å²) in [5.41, 5.74) is 0. The lowest BCUT2D eigenvalue weighted by Gasteiger charge is -2.07. The molecule has 5 heteroatoms. The van der Waals surface area contributed by atoms with Gasteiger partial charge in [-0.25, -0.2) is 4.79 Å². The van der Waals surface area contributed by atoms with Gasteiger partial charge in [-0.1, -0.05) is 6.58 Å². The highest BCUT2D eigenvalue weighted by molar-refractivity contribution is 7.81. The predicted octanol–water partition coefficient (Wildman–Crippen LogP) is 0.559. The summed E-state index contributed by atoms with van der Waals surface area (Å²) in [6, 6.07) is 0. The lowest BCUT2D eigenvalue weighted by Crippen LogP contribution is -2.26. The van der Waals surface area contributed by atoms with Crippen molar-refractivity contribution in [2.45, 2.75) is 13.0 Å². The molecule has 0 radical (unpaired) electrons. The molecule has 66 valence electrons. The van der Waals surface area contributed by atoms with Gasteiger partial charge in [0.15, 0.2) is 6.10 Å². The van der Waals surface area contributed by atoms with Crippen molar-refractivity contribution in [1.82, 2.24) is 0 Å². The van der Waals surface area contributed by atoms with E-state index in [0.29, 0.717) is 0 Å². The first kappa shape index (κ1) is 10.8. The van der Waals surface area contributed by atoms with Gasteiger partial charge in [-0.15, -0.1) is 0 Å². The van der Waals surface area contributed by atoms with Crippen LogP contribution in [0.3, 0.4) is 0 Å². The van der Waals surface area contributed by atoms with Crippen molar-refractivity contribution in [2.75, 3.05) is 0 Å². The number of ether oxygens (including phenoxy) is 1. The maximum absolute atomic E-state index is 10.7. The van der Waals surface area contributed by atoms with Gasteiger partial charge in [0, 0.05) is 0 Å². The fourth-order valence-electron chi connectivity index (χ4n) is 0.352. The minimum atomic E-state index is -1.17. The van der Waals surface area contributed by atoms with Gasteiger partial charge in [-0.05, 0) is 25.2 Å². The number of thiocarbonyl (C=S) groups is 1. The van der Waals surface area contributed by atoms with Crippen LogP contribution in [0.4, 0.5) is 0 Å². The van der Waals surface area contributed by atoms with Crippen molar-refractivity contribution < 1.29 is 19.4 Å². The average molecular weight is 188 g/mol. The molecule has 0 spiro atoms. The van der Waals surface area contributed by atoms with Crippen molar-refractivity contribution in [1.29, 1.82) is 0 Å². The molecule has 0 aliphatic rings. The van der Waals surface area contributed by atoms with E-state index >= 15 is 0 Å². The van der Waals surface area contributed by atoms with Crippen LogP contribution in [-0.2, 0) is 14.3 Å². The Labute approximate surface area is 74.8 Å². The zero-order valence-electron chi connectivity index (χ0n) is 6.44. The summed E-state index contributed by atoms with van der Waals surface area (Å²) in [6.07, 6.45) is -0.141. The van der Waals surface area contributed by atoms with Gasteiger partial charge < -0.3 is 9.84 Å². The van der Waals surface area contributed by atoms with E-state index in [0.717, 1.165) is 6.08 Å². The Bertz CT molecular complexity index is 234. The van der Waals surface area contributed by atoms with Crippen LogP contribution in [0.2, 0.25) is 0 Å². The maximum Gasteiger partial charge on any atom is 0.344 e. The molecule has 0 amide bonds. The largest absolute Gasteiger partial charge is 0.479 e. The van der Waals surface area contributed by atoms with Crippen LogP contribution in [0.25, 0.3) is 0 Å². The minimum Gasteiger partial charge on any atom is -0.479 e. The molecule has 0 fully saturated rings. The summed E-state index contributed by atoms with van der Waals surface area (Å²) >= 11 is 4.46. The molecule has 0 aromatic carbocycles. The Morgan fingerprint density at radius 1 is 1.67 bits per heavy atom. The highest BCUT2D eigenvalue weighted by Gasteiger charge is 2.16. The Morgan fingerprint density at radius 3 is 2.50 bits per heavy atom. The molecular weight excluding hydrogens is 180 g/mol. The van der Waals surface area contributed by atoms with Gasteiger partial charge in [-0.3, -0.25) is 4.79 Å². The Hall–Kier alpha value is -1.23. The molecule has 0 saturated heterocycles. The molecule has 12 heavy (non-hydrogen) atoms. The van der Waals surface area contributed by atoms with Crippen molar-refractivity contribution in [3.63, 3.8) is 0 Å². The first-order valence-electron chi connectivity index (χ1n) is 3.09. The van der Waals surface area contributed by atoms with E-state index in [2.05, 4.69) is 23.5 Å². The molecule has 0 aliphatic heterocycles. The van der Waals surface area contributed by atoms with Crippen LogP contribution in [0, 0.1) is 0 Å². The second-order valence-corrected chi connectivity index (χ2v) is 2.32. The van der Waals surface area contributed by atoms with Gasteiger partial charge in [0.2, 0.25) is 10.8 Å². The molecule has 1 atom stereocenters. The Morgan fingerprint density at radius 2 is 2.17 bits per heavy atom. The molecule has 4 nitrogen and oxygen atoms in total. The monoisotopic (exact) mass is 188 g/mol. The van der Waals surface area contributed by atoms with Gasteiger partial charge in [0.05, 0.1) is 0 Å². The van der Waals surface area contributed by atoms with Gasteiger partial charge in [-0.2, -0.15) is 0 Å². The summed E-state index contributed by atoms with van der Waals surface area (Å²) < 4.78 is 4.58. The maximum atomic E-state index is 10.7. The summed E-state index contributed by atoms with van der Waals surface area (Å²) in [5, 5.41) is 7.99. The molecular formula is C7H8O4S. The first-order valence-corrected chi connectivity index (χ1v) is 3.50. The number of carbonyl (C=O) groups excluding carboxylic acids is 1.